The number of carbonyl (C=O) groups excluding carboxylic acids is 1. The van der Waals surface area contributed by atoms with Crippen molar-refractivity contribution in [3.63, 3.8) is 0 Å². The summed E-state index contributed by atoms with van der Waals surface area (Å²) < 4.78 is 0. The molecule has 2 heterocycles. The lowest BCUT2D eigenvalue weighted by molar-refractivity contribution is 0.112. The van der Waals surface area contributed by atoms with Gasteiger partial charge in [0, 0.05) is 22.7 Å². The molecule has 0 bridgehead atoms. The second-order valence-electron chi connectivity index (χ2n) is 4.81. The minimum Gasteiger partial charge on any atom is -0.361 e. The summed E-state index contributed by atoms with van der Waals surface area (Å²) in [6, 6.07) is 0. The highest BCUT2D eigenvalue weighted by Gasteiger charge is 2.26. The van der Waals surface area contributed by atoms with Gasteiger partial charge in [0.2, 0.25) is 0 Å². The van der Waals surface area contributed by atoms with Crippen LogP contribution in [0.2, 0.25) is 0 Å². The van der Waals surface area contributed by atoms with E-state index in [4.69, 9.17) is 0 Å². The van der Waals surface area contributed by atoms with Crippen molar-refractivity contribution in [3.05, 3.63) is 22.5 Å². The van der Waals surface area contributed by atoms with Crippen LogP contribution in [0, 0.1) is 0 Å². The summed E-state index contributed by atoms with van der Waals surface area (Å²) in [5.41, 5.74) is 4.88. The van der Waals surface area contributed by atoms with Crippen LogP contribution in [0.15, 0.2) is 0 Å². The highest BCUT2D eigenvalue weighted by atomic mass is 32.2. The van der Waals surface area contributed by atoms with Crippen molar-refractivity contribution in [2.45, 2.75) is 43.8 Å². The number of aryl methyl sites for hydroxylation is 1. The fourth-order valence-electron chi connectivity index (χ4n) is 3.03. The summed E-state index contributed by atoms with van der Waals surface area (Å²) in [6.45, 7) is 0. The molecular formula is C13H17NOS. The molecule has 1 aliphatic heterocycles. The monoisotopic (exact) mass is 235 g/mol. The van der Waals surface area contributed by atoms with Crippen LogP contribution >= 0.6 is 11.8 Å². The zero-order chi connectivity index (χ0) is 11.0. The van der Waals surface area contributed by atoms with Crippen LogP contribution in [0.3, 0.4) is 0 Å². The molecule has 2 nitrogen and oxygen atoms in total. The average Bonchev–Trinajstić information content (AvgIpc) is 2.95. The van der Waals surface area contributed by atoms with E-state index in [9.17, 15) is 4.79 Å². The van der Waals surface area contributed by atoms with Crippen LogP contribution in [-0.4, -0.2) is 17.0 Å². The molecule has 1 aromatic heterocycles. The van der Waals surface area contributed by atoms with Crippen LogP contribution < -0.4 is 0 Å². The summed E-state index contributed by atoms with van der Waals surface area (Å²) in [6.07, 6.45) is 7.34. The van der Waals surface area contributed by atoms with E-state index in [2.05, 4.69) is 4.98 Å². The summed E-state index contributed by atoms with van der Waals surface area (Å²) in [5.74, 6) is 2.83. The summed E-state index contributed by atoms with van der Waals surface area (Å²) in [5, 5.41) is 0. The highest BCUT2D eigenvalue weighted by Crippen LogP contribution is 2.38. The van der Waals surface area contributed by atoms with Gasteiger partial charge >= 0.3 is 0 Å². The van der Waals surface area contributed by atoms with E-state index < -0.39 is 0 Å². The molecule has 2 aliphatic rings. The van der Waals surface area contributed by atoms with Crippen molar-refractivity contribution in [1.82, 2.24) is 4.98 Å². The zero-order valence-electron chi connectivity index (χ0n) is 9.42. The molecule has 1 aromatic rings. The van der Waals surface area contributed by atoms with Gasteiger partial charge < -0.3 is 4.98 Å². The Hall–Kier alpha value is -0.700. The Bertz CT molecular complexity index is 404. The summed E-state index contributed by atoms with van der Waals surface area (Å²) >= 11 is 1.94. The number of rotatable bonds is 2. The molecule has 0 saturated heterocycles. The number of hydrogen-bond acceptors (Lipinski definition) is 2. The Morgan fingerprint density at radius 3 is 2.88 bits per heavy atom. The van der Waals surface area contributed by atoms with Gasteiger partial charge in [0.1, 0.15) is 0 Å². The van der Waals surface area contributed by atoms with Gasteiger partial charge in [-0.25, -0.2) is 0 Å². The second-order valence-corrected chi connectivity index (χ2v) is 5.92. The molecule has 1 N–H and O–H groups in total. The number of aromatic nitrogens is 1. The molecule has 1 saturated carbocycles. The summed E-state index contributed by atoms with van der Waals surface area (Å²) in [7, 11) is 0. The first kappa shape index (κ1) is 10.5. The topological polar surface area (TPSA) is 32.9 Å². The van der Waals surface area contributed by atoms with Crippen molar-refractivity contribution in [1.29, 1.82) is 0 Å². The van der Waals surface area contributed by atoms with E-state index in [1.54, 1.807) is 0 Å². The Balaban J connectivity index is 2.03. The molecule has 0 aromatic carbocycles. The lowest BCUT2D eigenvalue weighted by Gasteiger charge is -2.10. The smallest absolute Gasteiger partial charge is 0.152 e. The van der Waals surface area contributed by atoms with Gasteiger partial charge in [-0.05, 0) is 36.5 Å². The van der Waals surface area contributed by atoms with Crippen LogP contribution in [-0.2, 0) is 12.2 Å². The largest absolute Gasteiger partial charge is 0.361 e. The lowest BCUT2D eigenvalue weighted by atomic mass is 9.99. The number of carbonyl (C=O) groups is 1. The molecule has 1 aliphatic carbocycles. The molecule has 0 unspecified atom stereocenters. The van der Waals surface area contributed by atoms with Crippen molar-refractivity contribution < 1.29 is 4.79 Å². The predicted octanol–water partition coefficient (Wildman–Crippen LogP) is 3.27. The van der Waals surface area contributed by atoms with Gasteiger partial charge in [-0.15, -0.1) is 0 Å². The van der Waals surface area contributed by atoms with E-state index in [-0.39, 0.29) is 0 Å². The first-order chi connectivity index (χ1) is 7.90. The molecule has 0 radical (unpaired) electrons. The summed E-state index contributed by atoms with van der Waals surface area (Å²) in [4.78, 5) is 14.8. The molecular weight excluding hydrogens is 218 g/mol. The zero-order valence-corrected chi connectivity index (χ0v) is 10.2. The number of nitrogens with one attached hydrogen (secondary N) is 1. The van der Waals surface area contributed by atoms with Crippen molar-refractivity contribution in [2.75, 3.05) is 5.75 Å². The third-order valence-corrected chi connectivity index (χ3v) is 4.87. The average molecular weight is 235 g/mol. The van der Waals surface area contributed by atoms with Gasteiger partial charge in [-0.2, -0.15) is 11.8 Å². The number of aldehydes is 1. The SMILES string of the molecule is O=Cc1c(C2CCCC2)[nH]c2c1CSCC2. The third-order valence-electron chi connectivity index (χ3n) is 3.89. The molecule has 0 atom stereocenters. The molecule has 1 fully saturated rings. The van der Waals surface area contributed by atoms with E-state index in [1.807, 2.05) is 11.8 Å². The van der Waals surface area contributed by atoms with Gasteiger partial charge in [0.25, 0.3) is 0 Å². The quantitative estimate of drug-likeness (QED) is 0.798. The van der Waals surface area contributed by atoms with E-state index in [0.717, 1.165) is 24.0 Å². The predicted molar refractivity (Wildman–Crippen MR) is 67.3 cm³/mol. The molecule has 16 heavy (non-hydrogen) atoms. The van der Waals surface area contributed by atoms with Crippen LogP contribution in [0.4, 0.5) is 0 Å². The number of fused-ring (bicyclic) bond motifs is 1. The molecule has 0 spiro atoms. The van der Waals surface area contributed by atoms with Gasteiger partial charge in [0.15, 0.2) is 6.29 Å². The highest BCUT2D eigenvalue weighted by molar-refractivity contribution is 7.98. The Morgan fingerprint density at radius 1 is 1.31 bits per heavy atom. The van der Waals surface area contributed by atoms with E-state index in [1.165, 1.54) is 48.4 Å². The third kappa shape index (κ3) is 1.61. The first-order valence-corrected chi connectivity index (χ1v) is 7.32. The minimum atomic E-state index is 0.621. The van der Waals surface area contributed by atoms with Crippen LogP contribution in [0.1, 0.15) is 58.9 Å². The maximum Gasteiger partial charge on any atom is 0.152 e. The first-order valence-electron chi connectivity index (χ1n) is 6.16. The Morgan fingerprint density at radius 2 is 2.12 bits per heavy atom. The van der Waals surface area contributed by atoms with Gasteiger partial charge in [0.05, 0.1) is 0 Å². The molecule has 3 heteroatoms. The van der Waals surface area contributed by atoms with Gasteiger partial charge in [-0.3, -0.25) is 4.79 Å². The maximum absolute atomic E-state index is 11.3. The van der Waals surface area contributed by atoms with E-state index in [0.29, 0.717) is 5.92 Å². The number of hydrogen-bond donors (Lipinski definition) is 1. The van der Waals surface area contributed by atoms with Crippen LogP contribution in [0.5, 0.6) is 0 Å². The fourth-order valence-corrected chi connectivity index (χ4v) is 4.05. The van der Waals surface area contributed by atoms with E-state index >= 15 is 0 Å². The van der Waals surface area contributed by atoms with Crippen molar-refractivity contribution in [3.8, 4) is 0 Å². The number of H-pyrrole nitrogens is 1. The standard InChI is InChI=1S/C13H17NOS/c15-7-10-11-8-16-6-5-12(11)14-13(10)9-3-1-2-4-9/h7,9,14H,1-6,8H2. The van der Waals surface area contributed by atoms with Gasteiger partial charge in [-0.1, -0.05) is 12.8 Å². The fraction of sp³-hybridized carbons (Fsp3) is 0.615. The number of aromatic amines is 1. The molecule has 0 amide bonds. The Labute approximate surface area is 100 Å². The normalized spacial score (nSPS) is 21.0. The molecule has 86 valence electrons. The molecule has 3 rings (SSSR count). The minimum absolute atomic E-state index is 0.621. The second kappa shape index (κ2) is 4.28. The van der Waals surface area contributed by atoms with Crippen molar-refractivity contribution >= 4 is 18.0 Å². The Kier molecular flexibility index (Phi) is 2.80. The maximum atomic E-state index is 11.3. The van der Waals surface area contributed by atoms with Crippen molar-refractivity contribution in [2.24, 2.45) is 0 Å². The lowest BCUT2D eigenvalue weighted by Crippen LogP contribution is -2.01. The number of thioether (sulfide) groups is 1. The van der Waals surface area contributed by atoms with Crippen LogP contribution in [0.25, 0.3) is 0 Å².